The highest BCUT2D eigenvalue weighted by molar-refractivity contribution is 6.32. The van der Waals surface area contributed by atoms with Crippen LogP contribution in [0.25, 0.3) is 11.3 Å². The molecule has 0 bridgehead atoms. The lowest BCUT2D eigenvalue weighted by Crippen LogP contribution is -2.71. The number of aromatic nitrogens is 1. The van der Waals surface area contributed by atoms with E-state index < -0.39 is 70.1 Å². The maximum Gasteiger partial charge on any atom is 0.345 e. The Balaban J connectivity index is 1.51. The summed E-state index contributed by atoms with van der Waals surface area (Å²) in [7, 11) is 1.88. The third-order valence-corrected chi connectivity index (χ3v) is 10.9. The molecular formula is C36H40BNO10. The molecule has 1 N–H and O–H groups in total. The fraction of sp³-hybridized carbons (Fsp3) is 0.472. The Labute approximate surface area is 279 Å². The number of nitrogens with zero attached hydrogens (tertiary/aromatic N) is 1. The van der Waals surface area contributed by atoms with E-state index in [2.05, 4.69) is 4.98 Å². The second kappa shape index (κ2) is 12.2. The lowest BCUT2D eigenvalue weighted by molar-refractivity contribution is -0.266. The van der Waals surface area contributed by atoms with Gasteiger partial charge in [0.15, 0.2) is 0 Å². The minimum atomic E-state index is -1.38. The van der Waals surface area contributed by atoms with Crippen molar-refractivity contribution < 1.29 is 42.9 Å². The monoisotopic (exact) mass is 657 g/mol. The number of ether oxygens (including phenoxy) is 4. The number of pyridine rings is 1. The van der Waals surface area contributed by atoms with Crippen LogP contribution in [0.5, 0.6) is 5.75 Å². The van der Waals surface area contributed by atoms with E-state index in [0.717, 1.165) is 5.46 Å². The second-order valence-corrected chi connectivity index (χ2v) is 14.1. The maximum atomic E-state index is 13.8. The number of hydrogen-bond donors (Lipinski definition) is 1. The molecule has 2 saturated carbocycles. The molecule has 11 nitrogen and oxygen atoms in total. The van der Waals surface area contributed by atoms with Gasteiger partial charge in [0, 0.05) is 49.2 Å². The van der Waals surface area contributed by atoms with E-state index in [-0.39, 0.29) is 30.1 Å². The van der Waals surface area contributed by atoms with Crippen molar-refractivity contribution in [3.8, 4) is 17.1 Å². The smallest absolute Gasteiger partial charge is 0.345 e. The summed E-state index contributed by atoms with van der Waals surface area (Å²) in [5, 5.41) is 12.3. The number of hydrogen-bond acceptors (Lipinski definition) is 11. The Morgan fingerprint density at radius 3 is 2.48 bits per heavy atom. The number of aliphatic hydroxyl groups excluding tert-OH is 1. The van der Waals surface area contributed by atoms with E-state index >= 15 is 0 Å². The minimum absolute atomic E-state index is 0.0282. The van der Waals surface area contributed by atoms with Gasteiger partial charge in [0.1, 0.15) is 49.3 Å². The molecule has 3 aromatic rings. The van der Waals surface area contributed by atoms with Crippen molar-refractivity contribution in [2.45, 2.75) is 77.8 Å². The Bertz CT molecular complexity index is 1810. The predicted molar refractivity (Wildman–Crippen MR) is 175 cm³/mol. The van der Waals surface area contributed by atoms with Gasteiger partial charge in [0.25, 0.3) is 0 Å². The largest absolute Gasteiger partial charge is 0.482 e. The molecule has 2 aromatic heterocycles. The molecule has 1 aliphatic heterocycles. The summed E-state index contributed by atoms with van der Waals surface area (Å²) in [5.41, 5.74) is -2.06. The third kappa shape index (κ3) is 5.59. The summed E-state index contributed by atoms with van der Waals surface area (Å²) >= 11 is 0. The normalized spacial score (nSPS) is 32.0. The number of fused-ring (bicyclic) bond motifs is 4. The van der Waals surface area contributed by atoms with Crippen molar-refractivity contribution in [2.75, 3.05) is 6.61 Å². The first-order valence-electron chi connectivity index (χ1n) is 16.2. The van der Waals surface area contributed by atoms with Gasteiger partial charge in [-0.2, -0.15) is 0 Å². The molecule has 0 spiro atoms. The van der Waals surface area contributed by atoms with Gasteiger partial charge < -0.3 is 28.5 Å². The molecule has 3 aliphatic rings. The number of esters is 3. The van der Waals surface area contributed by atoms with Crippen LogP contribution < -0.4 is 15.8 Å². The summed E-state index contributed by atoms with van der Waals surface area (Å²) in [6.07, 6.45) is 1.30. The highest BCUT2D eigenvalue weighted by Crippen LogP contribution is 2.67. The van der Waals surface area contributed by atoms with E-state index in [9.17, 15) is 24.3 Å². The van der Waals surface area contributed by atoms with Gasteiger partial charge in [-0.05, 0) is 55.7 Å². The zero-order valence-electron chi connectivity index (χ0n) is 28.0. The molecule has 0 saturated heterocycles. The molecule has 0 radical (unpaired) electrons. The number of aliphatic hydroxyl groups is 1. The molecule has 3 unspecified atom stereocenters. The summed E-state index contributed by atoms with van der Waals surface area (Å²) in [6.45, 7) is 8.28. The van der Waals surface area contributed by atoms with Crippen molar-refractivity contribution in [1.29, 1.82) is 0 Å². The van der Waals surface area contributed by atoms with Gasteiger partial charge in [0.05, 0.1) is 11.7 Å². The van der Waals surface area contributed by atoms with Crippen molar-refractivity contribution >= 4 is 31.2 Å². The van der Waals surface area contributed by atoms with Gasteiger partial charge in [-0.15, -0.1) is 0 Å². The number of carbonyl (C=O) groups is 3. The third-order valence-electron chi connectivity index (χ3n) is 10.9. The van der Waals surface area contributed by atoms with E-state index in [1.54, 1.807) is 55.7 Å². The Morgan fingerprint density at radius 1 is 1.04 bits per heavy atom. The first-order chi connectivity index (χ1) is 22.7. The van der Waals surface area contributed by atoms with Crippen LogP contribution in [0.15, 0.2) is 64.1 Å². The average molecular weight is 658 g/mol. The molecule has 12 heteroatoms. The maximum absolute atomic E-state index is 13.8. The zero-order valence-corrected chi connectivity index (χ0v) is 28.0. The Kier molecular flexibility index (Phi) is 8.52. The lowest BCUT2D eigenvalue weighted by Gasteiger charge is -2.66. The molecule has 1 aromatic carbocycles. The van der Waals surface area contributed by atoms with Gasteiger partial charge >= 0.3 is 23.5 Å². The molecule has 3 heterocycles. The van der Waals surface area contributed by atoms with E-state index in [1.807, 2.05) is 27.8 Å². The molecule has 252 valence electrons. The molecule has 6 rings (SSSR count). The van der Waals surface area contributed by atoms with Crippen molar-refractivity contribution in [3.63, 3.8) is 0 Å². The standard InChI is InChI=1S/C36H40BNO10/c1-19(39)44-18-35(4)26-16-28(47-32(42)21-8-6-10-23(37)14-21)36(5)31(34(26,3)12-11-27(35)45-20(2)40)30(41)29-25(48-36)15-24(46-33(29)43)22-9-7-13-38-17-22/h6-10,13-15,17,26-28,30-31,41H,11-12,16,18,37H2,1-5H3/t26?,27-,28-,30-,31?,34-,35?,36+/m0/s1. The minimum Gasteiger partial charge on any atom is -0.482 e. The van der Waals surface area contributed by atoms with E-state index in [0.29, 0.717) is 24.0 Å². The van der Waals surface area contributed by atoms with Crippen molar-refractivity contribution in [3.05, 3.63) is 76.4 Å². The van der Waals surface area contributed by atoms with Crippen LogP contribution >= 0.6 is 0 Å². The zero-order chi connectivity index (χ0) is 34.6. The highest BCUT2D eigenvalue weighted by atomic mass is 16.6. The van der Waals surface area contributed by atoms with Crippen LogP contribution in [-0.2, 0) is 23.8 Å². The van der Waals surface area contributed by atoms with Crippen molar-refractivity contribution in [2.24, 2.45) is 22.7 Å². The fourth-order valence-corrected chi connectivity index (χ4v) is 8.81. The lowest BCUT2D eigenvalue weighted by atomic mass is 9.42. The van der Waals surface area contributed by atoms with Crippen LogP contribution in [-0.4, -0.2) is 60.3 Å². The van der Waals surface area contributed by atoms with Gasteiger partial charge in [-0.1, -0.05) is 37.5 Å². The molecular weight excluding hydrogens is 617 g/mol. The van der Waals surface area contributed by atoms with Crippen LogP contribution in [0.4, 0.5) is 0 Å². The predicted octanol–water partition coefficient (Wildman–Crippen LogP) is 3.31. The van der Waals surface area contributed by atoms with E-state index in [1.165, 1.54) is 13.8 Å². The van der Waals surface area contributed by atoms with Crippen LogP contribution in [0, 0.1) is 22.7 Å². The molecule has 2 aliphatic carbocycles. The van der Waals surface area contributed by atoms with Crippen LogP contribution in [0.1, 0.15) is 75.9 Å². The van der Waals surface area contributed by atoms with Crippen LogP contribution in [0.3, 0.4) is 0 Å². The molecule has 2 fully saturated rings. The SMILES string of the molecule is Bc1cccc(C(=O)O[C@H]2CC3C(C)(COC(C)=O)[C@@H](OC(C)=O)CC[C@]3(C)C3[C@@H](O)c4c(cc(-c5cccnc5)oc4=O)O[C@@]32C)c1. The first kappa shape index (κ1) is 33.5. The molecule has 0 amide bonds. The highest BCUT2D eigenvalue weighted by Gasteiger charge is 2.71. The molecule has 8 atom stereocenters. The summed E-state index contributed by atoms with van der Waals surface area (Å²) in [6, 6.07) is 12.1. The second-order valence-electron chi connectivity index (χ2n) is 14.1. The van der Waals surface area contributed by atoms with Crippen molar-refractivity contribution in [1.82, 2.24) is 4.98 Å². The topological polar surface area (TPSA) is 151 Å². The fourth-order valence-electron chi connectivity index (χ4n) is 8.81. The number of rotatable bonds is 6. The Morgan fingerprint density at radius 2 is 1.81 bits per heavy atom. The number of carbonyl (C=O) groups excluding carboxylic acids is 3. The van der Waals surface area contributed by atoms with Gasteiger partial charge in [-0.25, -0.2) is 9.59 Å². The van der Waals surface area contributed by atoms with Gasteiger partial charge in [0.2, 0.25) is 0 Å². The average Bonchev–Trinajstić information content (AvgIpc) is 3.02. The number of benzene rings is 1. The Hall–Kier alpha value is -4.45. The molecule has 48 heavy (non-hydrogen) atoms. The summed E-state index contributed by atoms with van der Waals surface area (Å²) in [4.78, 5) is 56.0. The summed E-state index contributed by atoms with van der Waals surface area (Å²) in [5.74, 6) is -2.43. The van der Waals surface area contributed by atoms with Crippen LogP contribution in [0.2, 0.25) is 0 Å². The van der Waals surface area contributed by atoms with E-state index in [4.69, 9.17) is 23.4 Å². The van der Waals surface area contributed by atoms with Gasteiger partial charge in [-0.3, -0.25) is 14.6 Å². The first-order valence-corrected chi connectivity index (χ1v) is 16.2. The quantitative estimate of drug-likeness (QED) is 0.236. The summed E-state index contributed by atoms with van der Waals surface area (Å²) < 4.78 is 30.3.